The largest absolute Gasteiger partial charge is 0.477 e. The number of carboxylic acid groups (broad SMARTS) is 1. The fourth-order valence-corrected chi connectivity index (χ4v) is 1.43. The maximum absolute atomic E-state index is 10.7. The maximum atomic E-state index is 10.7. The highest BCUT2D eigenvalue weighted by atomic mass is 32.1. The van der Waals surface area contributed by atoms with Crippen LogP contribution in [0.15, 0.2) is 21.6 Å². The molecule has 0 unspecified atom stereocenters. The minimum Gasteiger partial charge on any atom is -0.477 e. The molecule has 0 aromatic carbocycles. The number of rotatable bonds is 2. The number of thiazole rings is 1. The quantitative estimate of drug-likeness (QED) is 0.787. The summed E-state index contributed by atoms with van der Waals surface area (Å²) in [6.45, 7) is 0. The van der Waals surface area contributed by atoms with Gasteiger partial charge < -0.3 is 9.63 Å². The van der Waals surface area contributed by atoms with Gasteiger partial charge in [0.1, 0.15) is 11.3 Å². The van der Waals surface area contributed by atoms with Gasteiger partial charge in [-0.15, -0.1) is 11.3 Å². The SMILES string of the molecule is O=C(O)c1cnoc1-c1cscn1. The number of hydrogen-bond donors (Lipinski definition) is 1. The fourth-order valence-electron chi connectivity index (χ4n) is 0.901. The molecule has 0 radical (unpaired) electrons. The van der Waals surface area contributed by atoms with E-state index in [0.717, 1.165) is 6.20 Å². The molecule has 0 atom stereocenters. The molecule has 2 aromatic rings. The van der Waals surface area contributed by atoms with E-state index in [1.54, 1.807) is 10.9 Å². The first kappa shape index (κ1) is 7.93. The number of aromatic carboxylic acids is 1. The van der Waals surface area contributed by atoms with E-state index in [9.17, 15) is 4.79 Å². The lowest BCUT2D eigenvalue weighted by Gasteiger charge is -1.89. The third-order valence-corrected chi connectivity index (χ3v) is 2.05. The van der Waals surface area contributed by atoms with Crippen molar-refractivity contribution in [3.05, 3.63) is 22.7 Å². The first-order valence-corrected chi connectivity index (χ1v) is 4.30. The Morgan fingerprint density at radius 2 is 2.46 bits per heavy atom. The predicted octanol–water partition coefficient (Wildman–Crippen LogP) is 1.50. The van der Waals surface area contributed by atoms with Crippen LogP contribution in [0.25, 0.3) is 11.5 Å². The Balaban J connectivity index is 2.52. The standard InChI is InChI=1S/C7H4N2O3S/c10-7(11)4-1-9-12-6(4)5-2-13-3-8-5/h1-3H,(H,10,11). The van der Waals surface area contributed by atoms with Crippen LogP contribution >= 0.6 is 11.3 Å². The van der Waals surface area contributed by atoms with E-state index >= 15 is 0 Å². The van der Waals surface area contributed by atoms with Gasteiger partial charge in [0, 0.05) is 5.38 Å². The summed E-state index contributed by atoms with van der Waals surface area (Å²) in [5.41, 5.74) is 2.13. The van der Waals surface area contributed by atoms with Crippen LogP contribution in [0.1, 0.15) is 10.4 Å². The second-order valence-electron chi connectivity index (χ2n) is 2.25. The molecular formula is C7H4N2O3S. The van der Waals surface area contributed by atoms with Gasteiger partial charge in [0.05, 0.1) is 11.7 Å². The molecule has 0 aliphatic rings. The van der Waals surface area contributed by atoms with Gasteiger partial charge in [-0.2, -0.15) is 0 Å². The molecule has 2 aromatic heterocycles. The average molecular weight is 196 g/mol. The van der Waals surface area contributed by atoms with E-state index in [-0.39, 0.29) is 11.3 Å². The molecule has 0 amide bonds. The number of nitrogens with zero attached hydrogens (tertiary/aromatic N) is 2. The van der Waals surface area contributed by atoms with Crippen molar-refractivity contribution in [2.45, 2.75) is 0 Å². The summed E-state index contributed by atoms with van der Waals surface area (Å²) in [7, 11) is 0. The van der Waals surface area contributed by atoms with Gasteiger partial charge in [0.2, 0.25) is 5.76 Å². The molecule has 13 heavy (non-hydrogen) atoms. The van der Waals surface area contributed by atoms with Crippen molar-refractivity contribution >= 4 is 17.3 Å². The Kier molecular flexibility index (Phi) is 1.82. The highest BCUT2D eigenvalue weighted by Gasteiger charge is 2.17. The van der Waals surface area contributed by atoms with Crippen molar-refractivity contribution in [3.8, 4) is 11.5 Å². The lowest BCUT2D eigenvalue weighted by molar-refractivity contribution is 0.0697. The third kappa shape index (κ3) is 1.31. The fraction of sp³-hybridized carbons (Fsp3) is 0. The molecule has 0 saturated heterocycles. The molecule has 5 nitrogen and oxygen atoms in total. The number of carboxylic acids is 1. The van der Waals surface area contributed by atoms with E-state index in [1.807, 2.05) is 0 Å². The van der Waals surface area contributed by atoms with E-state index in [2.05, 4.69) is 10.1 Å². The Morgan fingerprint density at radius 1 is 1.62 bits per heavy atom. The van der Waals surface area contributed by atoms with E-state index in [4.69, 9.17) is 9.63 Å². The molecule has 6 heteroatoms. The zero-order valence-electron chi connectivity index (χ0n) is 6.30. The van der Waals surface area contributed by atoms with Gasteiger partial charge in [0.25, 0.3) is 0 Å². The van der Waals surface area contributed by atoms with Gasteiger partial charge >= 0.3 is 5.97 Å². The predicted molar refractivity (Wildman–Crippen MR) is 44.6 cm³/mol. The van der Waals surface area contributed by atoms with Crippen molar-refractivity contribution in [3.63, 3.8) is 0 Å². The Morgan fingerprint density at radius 3 is 3.08 bits per heavy atom. The van der Waals surface area contributed by atoms with Crippen LogP contribution in [0.2, 0.25) is 0 Å². The topological polar surface area (TPSA) is 76.2 Å². The normalized spacial score (nSPS) is 10.2. The first-order valence-electron chi connectivity index (χ1n) is 3.35. The molecule has 0 aliphatic carbocycles. The second kappa shape index (κ2) is 2.98. The van der Waals surface area contributed by atoms with Crippen LogP contribution in [0.5, 0.6) is 0 Å². The molecule has 0 spiro atoms. The molecule has 0 saturated carbocycles. The summed E-state index contributed by atoms with van der Waals surface area (Å²) in [6, 6.07) is 0. The van der Waals surface area contributed by atoms with Crippen LogP contribution in [0.3, 0.4) is 0 Å². The molecule has 0 aliphatic heterocycles. The minimum absolute atomic E-state index is 0.0332. The van der Waals surface area contributed by atoms with Crippen LogP contribution in [-0.2, 0) is 0 Å². The van der Waals surface area contributed by atoms with Gasteiger partial charge in [0.15, 0.2) is 0 Å². The number of aromatic nitrogens is 2. The highest BCUT2D eigenvalue weighted by molar-refractivity contribution is 7.07. The van der Waals surface area contributed by atoms with Crippen molar-refractivity contribution in [2.24, 2.45) is 0 Å². The van der Waals surface area contributed by atoms with Gasteiger partial charge in [-0.25, -0.2) is 9.78 Å². The highest BCUT2D eigenvalue weighted by Crippen LogP contribution is 2.22. The minimum atomic E-state index is -1.07. The Hall–Kier alpha value is -1.69. The molecule has 0 fully saturated rings. The van der Waals surface area contributed by atoms with Crippen molar-refractivity contribution in [1.29, 1.82) is 0 Å². The smallest absolute Gasteiger partial charge is 0.341 e. The van der Waals surface area contributed by atoms with Gasteiger partial charge in [-0.3, -0.25) is 0 Å². The zero-order chi connectivity index (χ0) is 9.26. The lowest BCUT2D eigenvalue weighted by Crippen LogP contribution is -1.95. The second-order valence-corrected chi connectivity index (χ2v) is 2.97. The van der Waals surface area contributed by atoms with Crippen molar-refractivity contribution in [2.75, 3.05) is 0 Å². The van der Waals surface area contributed by atoms with E-state index < -0.39 is 5.97 Å². The van der Waals surface area contributed by atoms with Gasteiger partial charge in [-0.1, -0.05) is 5.16 Å². The number of hydrogen-bond acceptors (Lipinski definition) is 5. The Bertz CT molecular complexity index is 421. The molecule has 0 bridgehead atoms. The third-order valence-electron chi connectivity index (χ3n) is 1.47. The first-order chi connectivity index (χ1) is 6.29. The van der Waals surface area contributed by atoms with Crippen LogP contribution in [0, 0.1) is 0 Å². The lowest BCUT2D eigenvalue weighted by atomic mass is 10.2. The summed E-state index contributed by atoms with van der Waals surface area (Å²) >= 11 is 1.37. The van der Waals surface area contributed by atoms with Crippen LogP contribution in [-0.4, -0.2) is 21.2 Å². The van der Waals surface area contributed by atoms with Gasteiger partial charge in [-0.05, 0) is 0 Å². The van der Waals surface area contributed by atoms with Crippen LogP contribution in [0.4, 0.5) is 0 Å². The summed E-state index contributed by atoms with van der Waals surface area (Å²) < 4.78 is 4.78. The zero-order valence-corrected chi connectivity index (χ0v) is 7.11. The summed E-state index contributed by atoms with van der Waals surface area (Å²) in [5.74, 6) is -0.863. The maximum Gasteiger partial charge on any atom is 0.341 e. The molecule has 1 N–H and O–H groups in total. The van der Waals surface area contributed by atoms with E-state index in [1.165, 1.54) is 11.3 Å². The summed E-state index contributed by atoms with van der Waals surface area (Å²) in [5, 5.41) is 13.8. The Labute approximate surface area is 76.6 Å². The monoisotopic (exact) mass is 196 g/mol. The average Bonchev–Trinajstić information content (AvgIpc) is 2.74. The molecule has 66 valence electrons. The van der Waals surface area contributed by atoms with E-state index in [0.29, 0.717) is 5.69 Å². The summed E-state index contributed by atoms with van der Waals surface area (Å²) in [4.78, 5) is 14.6. The molecule has 2 rings (SSSR count). The van der Waals surface area contributed by atoms with Crippen LogP contribution < -0.4 is 0 Å². The van der Waals surface area contributed by atoms with Crippen molar-refractivity contribution in [1.82, 2.24) is 10.1 Å². The van der Waals surface area contributed by atoms with Crippen molar-refractivity contribution < 1.29 is 14.4 Å². The summed E-state index contributed by atoms with van der Waals surface area (Å²) in [6.07, 6.45) is 1.16. The molecule has 2 heterocycles. The molecular weight excluding hydrogens is 192 g/mol. The number of carbonyl (C=O) groups is 1.